The van der Waals surface area contributed by atoms with E-state index in [1.165, 1.54) is 11.8 Å². The quantitative estimate of drug-likeness (QED) is 0.575. The van der Waals surface area contributed by atoms with Crippen molar-refractivity contribution in [3.8, 4) is 0 Å². The summed E-state index contributed by atoms with van der Waals surface area (Å²) in [5, 5.41) is 2.00. The van der Waals surface area contributed by atoms with Crippen LogP contribution in [0.5, 0.6) is 0 Å². The number of hydrogen-bond donors (Lipinski definition) is 0. The SMILES string of the molecule is CCc1cccc(C)c1N1C(=O)/C(=C/c2cccs2)SC1=S. The molecule has 1 amide bonds. The molecule has 0 bridgehead atoms. The van der Waals surface area contributed by atoms with E-state index in [2.05, 4.69) is 13.0 Å². The maximum Gasteiger partial charge on any atom is 0.270 e. The molecule has 2 aromatic rings. The Bertz CT molecular complexity index is 762. The predicted molar refractivity (Wildman–Crippen MR) is 101 cm³/mol. The smallest absolute Gasteiger partial charge is 0.268 e. The molecule has 2 nitrogen and oxygen atoms in total. The third-order valence-electron chi connectivity index (χ3n) is 3.54. The Labute approximate surface area is 143 Å². The van der Waals surface area contributed by atoms with Crippen LogP contribution in [0.25, 0.3) is 6.08 Å². The summed E-state index contributed by atoms with van der Waals surface area (Å²) in [6.45, 7) is 4.12. The molecule has 0 spiro atoms. The molecular formula is C17H15NOS3. The third-order valence-corrected chi connectivity index (χ3v) is 5.66. The van der Waals surface area contributed by atoms with Crippen LogP contribution in [0.4, 0.5) is 5.69 Å². The van der Waals surface area contributed by atoms with Crippen LogP contribution < -0.4 is 4.90 Å². The van der Waals surface area contributed by atoms with Crippen molar-refractivity contribution in [3.63, 3.8) is 0 Å². The number of aryl methyl sites for hydroxylation is 2. The summed E-state index contributed by atoms with van der Waals surface area (Å²) in [6, 6.07) is 10.1. The number of anilines is 1. The number of rotatable bonds is 3. The van der Waals surface area contributed by atoms with Crippen LogP contribution >= 0.6 is 35.3 Å². The molecule has 1 aliphatic heterocycles. The highest BCUT2D eigenvalue weighted by Gasteiger charge is 2.35. The number of thiocarbonyl (C=S) groups is 1. The Morgan fingerprint density at radius 3 is 2.77 bits per heavy atom. The molecule has 0 saturated carbocycles. The van der Waals surface area contributed by atoms with E-state index in [0.717, 1.165) is 28.1 Å². The number of thioether (sulfide) groups is 1. The average Bonchev–Trinajstić information content (AvgIpc) is 3.09. The van der Waals surface area contributed by atoms with Crippen molar-refractivity contribution in [1.29, 1.82) is 0 Å². The number of carbonyl (C=O) groups is 1. The van der Waals surface area contributed by atoms with Crippen LogP contribution in [0.1, 0.15) is 22.9 Å². The van der Waals surface area contributed by atoms with Crippen molar-refractivity contribution >= 4 is 57.3 Å². The molecule has 1 aliphatic rings. The highest BCUT2D eigenvalue weighted by Crippen LogP contribution is 2.39. The van der Waals surface area contributed by atoms with Crippen LogP contribution in [0.15, 0.2) is 40.6 Å². The Hall–Kier alpha value is -1.43. The van der Waals surface area contributed by atoms with Gasteiger partial charge in [0.1, 0.15) is 0 Å². The lowest BCUT2D eigenvalue weighted by Gasteiger charge is -2.20. The summed E-state index contributed by atoms with van der Waals surface area (Å²) < 4.78 is 0.608. The lowest BCUT2D eigenvalue weighted by Crippen LogP contribution is -2.29. The molecule has 1 fully saturated rings. The zero-order valence-corrected chi connectivity index (χ0v) is 14.8. The van der Waals surface area contributed by atoms with Gasteiger partial charge in [-0.05, 0) is 42.0 Å². The van der Waals surface area contributed by atoms with Gasteiger partial charge in [0.15, 0.2) is 4.32 Å². The molecule has 3 rings (SSSR count). The molecule has 112 valence electrons. The second-order valence-electron chi connectivity index (χ2n) is 4.97. The summed E-state index contributed by atoms with van der Waals surface area (Å²) in [6.07, 6.45) is 2.80. The largest absolute Gasteiger partial charge is 0.270 e. The Balaban J connectivity index is 2.03. The van der Waals surface area contributed by atoms with Crippen molar-refractivity contribution in [2.24, 2.45) is 0 Å². The molecule has 0 unspecified atom stereocenters. The first kappa shape index (κ1) is 15.5. The van der Waals surface area contributed by atoms with E-state index in [4.69, 9.17) is 12.2 Å². The summed E-state index contributed by atoms with van der Waals surface area (Å²) in [4.78, 5) is 16.3. The highest BCUT2D eigenvalue weighted by atomic mass is 32.2. The zero-order chi connectivity index (χ0) is 15.7. The van der Waals surface area contributed by atoms with Crippen molar-refractivity contribution in [2.75, 3.05) is 4.90 Å². The summed E-state index contributed by atoms with van der Waals surface area (Å²) in [5.74, 6) is -0.0209. The van der Waals surface area contributed by atoms with Crippen molar-refractivity contribution in [3.05, 3.63) is 56.6 Å². The first-order chi connectivity index (χ1) is 10.6. The van der Waals surface area contributed by atoms with Gasteiger partial charge in [0, 0.05) is 4.88 Å². The summed E-state index contributed by atoms with van der Waals surface area (Å²) in [7, 11) is 0. The molecular weight excluding hydrogens is 330 g/mol. The van der Waals surface area contributed by atoms with E-state index < -0.39 is 0 Å². The number of nitrogens with zero attached hydrogens (tertiary/aromatic N) is 1. The Kier molecular flexibility index (Phi) is 4.47. The van der Waals surface area contributed by atoms with Crippen LogP contribution in [-0.2, 0) is 11.2 Å². The van der Waals surface area contributed by atoms with E-state index in [-0.39, 0.29) is 5.91 Å². The van der Waals surface area contributed by atoms with Crippen LogP contribution in [0.3, 0.4) is 0 Å². The molecule has 0 atom stereocenters. The minimum Gasteiger partial charge on any atom is -0.268 e. The van der Waals surface area contributed by atoms with Gasteiger partial charge in [0.2, 0.25) is 0 Å². The number of amides is 1. The van der Waals surface area contributed by atoms with E-state index in [9.17, 15) is 4.79 Å². The normalized spacial score (nSPS) is 16.8. The lowest BCUT2D eigenvalue weighted by atomic mass is 10.0. The monoisotopic (exact) mass is 345 g/mol. The molecule has 1 aromatic carbocycles. The molecule has 5 heteroatoms. The van der Waals surface area contributed by atoms with Crippen molar-refractivity contribution in [1.82, 2.24) is 0 Å². The van der Waals surface area contributed by atoms with Gasteiger partial charge in [-0.3, -0.25) is 9.69 Å². The minimum absolute atomic E-state index is 0.0209. The predicted octanol–water partition coefficient (Wildman–Crippen LogP) is 5.02. The minimum atomic E-state index is -0.0209. The molecule has 1 aromatic heterocycles. The fraction of sp³-hybridized carbons (Fsp3) is 0.176. The van der Waals surface area contributed by atoms with Crippen LogP contribution in [0, 0.1) is 6.92 Å². The van der Waals surface area contributed by atoms with Gasteiger partial charge in [0.05, 0.1) is 10.6 Å². The maximum atomic E-state index is 12.8. The number of thiophene rings is 1. The van der Waals surface area contributed by atoms with Gasteiger partial charge in [-0.15, -0.1) is 11.3 Å². The fourth-order valence-electron chi connectivity index (χ4n) is 2.49. The molecule has 22 heavy (non-hydrogen) atoms. The molecule has 1 saturated heterocycles. The second-order valence-corrected chi connectivity index (χ2v) is 7.62. The molecule has 2 heterocycles. The van der Waals surface area contributed by atoms with Crippen LogP contribution in [0.2, 0.25) is 0 Å². The first-order valence-electron chi connectivity index (χ1n) is 7.01. The van der Waals surface area contributed by atoms with Gasteiger partial charge in [0.25, 0.3) is 5.91 Å². The lowest BCUT2D eigenvalue weighted by molar-refractivity contribution is -0.113. The number of hydrogen-bond acceptors (Lipinski definition) is 4. The molecule has 0 N–H and O–H groups in total. The number of para-hydroxylation sites is 1. The van der Waals surface area contributed by atoms with Gasteiger partial charge < -0.3 is 0 Å². The first-order valence-corrected chi connectivity index (χ1v) is 9.12. The highest BCUT2D eigenvalue weighted by molar-refractivity contribution is 8.27. The molecule has 0 aliphatic carbocycles. The van der Waals surface area contributed by atoms with Gasteiger partial charge in [-0.1, -0.05) is 55.2 Å². The van der Waals surface area contributed by atoms with Gasteiger partial charge in [-0.25, -0.2) is 0 Å². The summed E-state index contributed by atoms with van der Waals surface area (Å²) >= 11 is 8.47. The van der Waals surface area contributed by atoms with E-state index in [1.54, 1.807) is 16.2 Å². The third kappa shape index (κ3) is 2.76. The van der Waals surface area contributed by atoms with Gasteiger partial charge >= 0.3 is 0 Å². The standard InChI is InChI=1S/C17H15NOS3/c1-3-12-7-4-6-11(2)15(12)18-16(19)14(22-17(18)20)10-13-8-5-9-21-13/h4-10H,3H2,1-2H3/b14-10-. The van der Waals surface area contributed by atoms with Crippen molar-refractivity contribution < 1.29 is 4.79 Å². The van der Waals surface area contributed by atoms with E-state index >= 15 is 0 Å². The zero-order valence-electron chi connectivity index (χ0n) is 12.3. The van der Waals surface area contributed by atoms with Gasteiger partial charge in [-0.2, -0.15) is 0 Å². The maximum absolute atomic E-state index is 12.8. The average molecular weight is 346 g/mol. The Morgan fingerprint density at radius 2 is 2.09 bits per heavy atom. The second kappa shape index (κ2) is 6.36. The number of carbonyl (C=O) groups excluding carboxylic acids is 1. The topological polar surface area (TPSA) is 20.3 Å². The molecule has 0 radical (unpaired) electrons. The summed E-state index contributed by atoms with van der Waals surface area (Å²) in [5.41, 5.74) is 3.17. The fourth-order valence-corrected chi connectivity index (χ4v) is 4.48. The van der Waals surface area contributed by atoms with E-state index in [0.29, 0.717) is 9.23 Å². The van der Waals surface area contributed by atoms with Crippen molar-refractivity contribution in [2.45, 2.75) is 20.3 Å². The van der Waals surface area contributed by atoms with E-state index in [1.807, 2.05) is 42.6 Å². The van der Waals surface area contributed by atoms with Crippen LogP contribution in [-0.4, -0.2) is 10.2 Å². The Morgan fingerprint density at radius 1 is 1.27 bits per heavy atom. The number of benzene rings is 1.